The summed E-state index contributed by atoms with van der Waals surface area (Å²) in [5.41, 5.74) is 3.78. The Kier molecular flexibility index (Phi) is 7.10. The minimum absolute atomic E-state index is 0.225. The molecule has 0 fully saturated rings. The van der Waals surface area contributed by atoms with Gasteiger partial charge in [0.25, 0.3) is 0 Å². The Balaban J connectivity index is 1.36. The molecule has 0 amide bonds. The summed E-state index contributed by atoms with van der Waals surface area (Å²) in [7, 11) is 1.67. The lowest BCUT2D eigenvalue weighted by Crippen LogP contribution is -2.02. The Labute approximate surface area is 189 Å². The maximum atomic E-state index is 11.6. The molecule has 0 radical (unpaired) electrons. The molecule has 4 heteroatoms. The molecule has 166 valence electrons. The molecule has 0 bridgehead atoms. The van der Waals surface area contributed by atoms with Gasteiger partial charge >= 0.3 is 0 Å². The predicted octanol–water partition coefficient (Wildman–Crippen LogP) is 6.57. The number of nitrogens with zero attached hydrogens (tertiary/aromatic N) is 1. The molecule has 1 heterocycles. The number of aromatic nitrogens is 1. The van der Waals surface area contributed by atoms with E-state index in [1.54, 1.807) is 14.0 Å². The van der Waals surface area contributed by atoms with E-state index in [0.29, 0.717) is 13.0 Å². The smallest absolute Gasteiger partial charge is 0.131 e. The van der Waals surface area contributed by atoms with Crippen molar-refractivity contribution in [2.24, 2.45) is 0 Å². The van der Waals surface area contributed by atoms with E-state index in [1.165, 1.54) is 27.4 Å². The van der Waals surface area contributed by atoms with Crippen LogP contribution in [0, 0.1) is 0 Å². The van der Waals surface area contributed by atoms with Crippen LogP contribution in [-0.2, 0) is 17.8 Å². The lowest BCUT2D eigenvalue weighted by molar-refractivity contribution is -0.117. The number of rotatable bonds is 11. The third kappa shape index (κ3) is 5.13. The van der Waals surface area contributed by atoms with Gasteiger partial charge in [-0.15, -0.1) is 0 Å². The second-order valence-electron chi connectivity index (χ2n) is 8.31. The molecular weight excluding hydrogens is 398 g/mol. The molecule has 4 rings (SSSR count). The predicted molar refractivity (Wildman–Crippen MR) is 131 cm³/mol. The first-order valence-corrected chi connectivity index (χ1v) is 11.4. The van der Waals surface area contributed by atoms with Crippen molar-refractivity contribution in [1.29, 1.82) is 0 Å². The van der Waals surface area contributed by atoms with Gasteiger partial charge in [-0.2, -0.15) is 0 Å². The molecule has 0 aliphatic rings. The Morgan fingerprint density at radius 1 is 0.844 bits per heavy atom. The second-order valence-corrected chi connectivity index (χ2v) is 8.31. The van der Waals surface area contributed by atoms with Crippen LogP contribution in [0.4, 0.5) is 0 Å². The maximum absolute atomic E-state index is 11.6. The summed E-state index contributed by atoms with van der Waals surface area (Å²) < 4.78 is 13.4. The van der Waals surface area contributed by atoms with Crippen LogP contribution in [0.1, 0.15) is 38.2 Å². The average molecular weight is 430 g/mol. The highest BCUT2D eigenvalue weighted by molar-refractivity contribution is 6.08. The van der Waals surface area contributed by atoms with E-state index in [0.717, 1.165) is 43.7 Å². The van der Waals surface area contributed by atoms with Gasteiger partial charge < -0.3 is 14.0 Å². The van der Waals surface area contributed by atoms with Gasteiger partial charge in [-0.1, -0.05) is 36.4 Å². The first-order valence-electron chi connectivity index (χ1n) is 11.4. The number of hydrogen-bond acceptors (Lipinski definition) is 3. The molecule has 0 aliphatic carbocycles. The number of ether oxygens (including phenoxy) is 2. The fourth-order valence-electron chi connectivity index (χ4n) is 4.25. The van der Waals surface area contributed by atoms with E-state index < -0.39 is 0 Å². The molecular formula is C28H31NO3. The summed E-state index contributed by atoms with van der Waals surface area (Å²) in [6, 6.07) is 23.0. The van der Waals surface area contributed by atoms with Crippen molar-refractivity contribution in [1.82, 2.24) is 4.57 Å². The number of methoxy groups -OCH3 is 1. The lowest BCUT2D eigenvalue weighted by Gasteiger charge is -2.09. The van der Waals surface area contributed by atoms with Crippen molar-refractivity contribution >= 4 is 27.6 Å². The van der Waals surface area contributed by atoms with Crippen LogP contribution < -0.4 is 9.47 Å². The van der Waals surface area contributed by atoms with Gasteiger partial charge in [-0.3, -0.25) is 4.79 Å². The summed E-state index contributed by atoms with van der Waals surface area (Å²) in [5.74, 6) is 1.90. The number of unbranched alkanes of at least 4 members (excludes halogenated alkanes) is 2. The highest BCUT2D eigenvalue weighted by atomic mass is 16.5. The van der Waals surface area contributed by atoms with Crippen LogP contribution in [0.2, 0.25) is 0 Å². The topological polar surface area (TPSA) is 40.5 Å². The Hall–Kier alpha value is -3.27. The third-order valence-electron chi connectivity index (χ3n) is 5.95. The Morgan fingerprint density at radius 3 is 2.50 bits per heavy atom. The summed E-state index contributed by atoms with van der Waals surface area (Å²) in [6.07, 6.45) is 4.88. The van der Waals surface area contributed by atoms with Gasteiger partial charge in [0, 0.05) is 40.8 Å². The van der Waals surface area contributed by atoms with Gasteiger partial charge in [-0.05, 0) is 62.4 Å². The second kappa shape index (κ2) is 10.4. The number of carbonyl (C=O) groups excluding carboxylic acids is 1. The molecule has 0 atom stereocenters. The number of carbonyl (C=O) groups is 1. The van der Waals surface area contributed by atoms with Crippen LogP contribution in [-0.4, -0.2) is 24.1 Å². The van der Waals surface area contributed by atoms with Crippen LogP contribution in [0.3, 0.4) is 0 Å². The number of benzene rings is 3. The monoisotopic (exact) mass is 429 g/mol. The third-order valence-corrected chi connectivity index (χ3v) is 5.95. The number of hydrogen-bond donors (Lipinski definition) is 0. The molecule has 0 aliphatic heterocycles. The summed E-state index contributed by atoms with van der Waals surface area (Å²) in [6.45, 7) is 3.10. The van der Waals surface area contributed by atoms with Crippen LogP contribution in [0.15, 0.2) is 66.7 Å². The normalized spacial score (nSPS) is 11.2. The lowest BCUT2D eigenvalue weighted by atomic mass is 10.0. The van der Waals surface area contributed by atoms with E-state index >= 15 is 0 Å². The van der Waals surface area contributed by atoms with E-state index in [2.05, 4.69) is 47.0 Å². The maximum Gasteiger partial charge on any atom is 0.131 e. The zero-order valence-corrected chi connectivity index (χ0v) is 19.0. The van der Waals surface area contributed by atoms with E-state index in [-0.39, 0.29) is 5.78 Å². The van der Waals surface area contributed by atoms with Gasteiger partial charge in [0.05, 0.1) is 13.7 Å². The van der Waals surface area contributed by atoms with Crippen molar-refractivity contribution in [2.75, 3.05) is 13.7 Å². The van der Waals surface area contributed by atoms with Gasteiger partial charge in [-0.25, -0.2) is 0 Å². The van der Waals surface area contributed by atoms with Gasteiger partial charge in [0.2, 0.25) is 0 Å². The SMILES string of the molecule is COc1cccc(OCCCCCc2ccc3c4ccccc4n(CCC(C)=O)c3c2)c1. The van der Waals surface area contributed by atoms with Crippen molar-refractivity contribution in [3.63, 3.8) is 0 Å². The van der Waals surface area contributed by atoms with Gasteiger partial charge in [0.15, 0.2) is 0 Å². The van der Waals surface area contributed by atoms with Crippen LogP contribution >= 0.6 is 0 Å². The molecule has 32 heavy (non-hydrogen) atoms. The highest BCUT2D eigenvalue weighted by Gasteiger charge is 2.11. The number of aryl methyl sites for hydroxylation is 2. The Bertz CT molecular complexity index is 1210. The van der Waals surface area contributed by atoms with E-state index in [9.17, 15) is 4.79 Å². The standard InChI is InChI=1S/C28H31NO3/c1-21(30)16-17-29-27-13-6-5-12-25(27)26-15-14-22(19-28(26)29)9-4-3-7-18-32-24-11-8-10-23(20-24)31-2/h5-6,8,10-15,19-20H,3-4,7,9,16-18H2,1-2H3. The minimum Gasteiger partial charge on any atom is -0.497 e. The van der Waals surface area contributed by atoms with Crippen molar-refractivity contribution < 1.29 is 14.3 Å². The molecule has 3 aromatic carbocycles. The summed E-state index contributed by atoms with van der Waals surface area (Å²) in [4.78, 5) is 11.6. The largest absolute Gasteiger partial charge is 0.497 e. The minimum atomic E-state index is 0.225. The van der Waals surface area contributed by atoms with Gasteiger partial charge in [0.1, 0.15) is 17.3 Å². The number of fused-ring (bicyclic) bond motifs is 3. The number of ketones is 1. The summed E-state index contributed by atoms with van der Waals surface area (Å²) in [5, 5.41) is 2.52. The summed E-state index contributed by atoms with van der Waals surface area (Å²) >= 11 is 0. The molecule has 0 N–H and O–H groups in total. The molecule has 0 spiro atoms. The van der Waals surface area contributed by atoms with Crippen molar-refractivity contribution in [3.8, 4) is 11.5 Å². The zero-order valence-electron chi connectivity index (χ0n) is 19.0. The average Bonchev–Trinajstić information content (AvgIpc) is 3.13. The van der Waals surface area contributed by atoms with E-state index in [1.807, 2.05) is 24.3 Å². The number of para-hydroxylation sites is 1. The molecule has 0 saturated heterocycles. The Morgan fingerprint density at radius 2 is 1.66 bits per heavy atom. The quantitative estimate of drug-likeness (QED) is 0.253. The first-order chi connectivity index (χ1) is 15.7. The van der Waals surface area contributed by atoms with Crippen molar-refractivity contribution in [3.05, 3.63) is 72.3 Å². The fraction of sp³-hybridized carbons (Fsp3) is 0.321. The van der Waals surface area contributed by atoms with E-state index in [4.69, 9.17) is 9.47 Å². The fourth-order valence-corrected chi connectivity index (χ4v) is 4.25. The van der Waals surface area contributed by atoms with Crippen LogP contribution in [0.25, 0.3) is 21.8 Å². The molecule has 4 aromatic rings. The van der Waals surface area contributed by atoms with Crippen LogP contribution in [0.5, 0.6) is 11.5 Å². The molecule has 0 saturated carbocycles. The molecule has 0 unspecified atom stereocenters. The zero-order chi connectivity index (χ0) is 22.3. The molecule has 4 nitrogen and oxygen atoms in total. The van der Waals surface area contributed by atoms with Crippen molar-refractivity contribution in [2.45, 2.75) is 45.6 Å². The first kappa shape index (κ1) is 21.9. The molecule has 1 aromatic heterocycles. The highest BCUT2D eigenvalue weighted by Crippen LogP contribution is 2.30. The number of Topliss-reactive ketones (excluding diaryl/α,β-unsaturated/α-hetero) is 1.